The van der Waals surface area contributed by atoms with Crippen molar-refractivity contribution in [2.75, 3.05) is 13.1 Å². The summed E-state index contributed by atoms with van der Waals surface area (Å²) in [5.74, 6) is -0.142. The van der Waals surface area contributed by atoms with Gasteiger partial charge in [0.25, 0.3) is 5.91 Å². The second-order valence-corrected chi connectivity index (χ2v) is 6.64. The molecule has 1 aromatic heterocycles. The first-order chi connectivity index (χ1) is 9.38. The first kappa shape index (κ1) is 15.1. The Morgan fingerprint density at radius 1 is 1.40 bits per heavy atom. The molecule has 1 amide bonds. The van der Waals surface area contributed by atoms with Crippen LogP contribution in [0.3, 0.4) is 0 Å². The van der Waals surface area contributed by atoms with Gasteiger partial charge in [-0.2, -0.15) is 0 Å². The number of hydrogen-bond donors (Lipinski definition) is 1. The number of rotatable bonds is 5. The van der Waals surface area contributed by atoms with Gasteiger partial charge in [-0.1, -0.05) is 0 Å². The van der Waals surface area contributed by atoms with E-state index in [-0.39, 0.29) is 16.8 Å². The molecule has 1 aliphatic carbocycles. The van der Waals surface area contributed by atoms with Gasteiger partial charge in [0.05, 0.1) is 0 Å². The molecule has 0 unspecified atom stereocenters. The summed E-state index contributed by atoms with van der Waals surface area (Å²) in [7, 11) is -3.79. The molecule has 0 spiro atoms. The van der Waals surface area contributed by atoms with Crippen LogP contribution in [0.2, 0.25) is 0 Å². The van der Waals surface area contributed by atoms with Crippen molar-refractivity contribution < 1.29 is 13.2 Å². The fourth-order valence-corrected chi connectivity index (χ4v) is 2.96. The van der Waals surface area contributed by atoms with Gasteiger partial charge in [-0.25, -0.2) is 13.6 Å². The fraction of sp³-hybridized carbons (Fsp3) is 0.615. The third-order valence-corrected chi connectivity index (χ3v) is 4.77. The van der Waals surface area contributed by atoms with Crippen LogP contribution < -0.4 is 5.14 Å². The highest BCUT2D eigenvalue weighted by molar-refractivity contribution is 7.89. The zero-order valence-corrected chi connectivity index (χ0v) is 12.7. The van der Waals surface area contributed by atoms with Crippen molar-refractivity contribution in [3.63, 3.8) is 0 Å². The van der Waals surface area contributed by atoms with Crippen molar-refractivity contribution in [1.29, 1.82) is 0 Å². The second-order valence-electron chi connectivity index (χ2n) is 5.08. The predicted molar refractivity (Wildman–Crippen MR) is 75.9 cm³/mol. The van der Waals surface area contributed by atoms with E-state index in [0.29, 0.717) is 18.8 Å². The number of aromatic nitrogens is 1. The van der Waals surface area contributed by atoms with Crippen LogP contribution in [0, 0.1) is 0 Å². The van der Waals surface area contributed by atoms with Gasteiger partial charge in [0, 0.05) is 25.3 Å². The van der Waals surface area contributed by atoms with Crippen molar-refractivity contribution in [3.05, 3.63) is 18.0 Å². The summed E-state index contributed by atoms with van der Waals surface area (Å²) in [4.78, 5) is 14.2. The Balaban J connectivity index is 2.44. The molecule has 0 atom stereocenters. The smallest absolute Gasteiger partial charge is 0.270 e. The van der Waals surface area contributed by atoms with Gasteiger partial charge in [0.2, 0.25) is 10.0 Å². The van der Waals surface area contributed by atoms with E-state index in [0.717, 1.165) is 19.3 Å². The summed E-state index contributed by atoms with van der Waals surface area (Å²) in [5.41, 5.74) is 0.419. The van der Waals surface area contributed by atoms with Gasteiger partial charge in [-0.05, 0) is 39.2 Å². The minimum atomic E-state index is -3.79. The SMILES string of the molecule is CCN(CC)C(=O)c1cc(S(N)(=O)=O)cn1C1CCC1. The maximum Gasteiger partial charge on any atom is 0.270 e. The number of amides is 1. The minimum Gasteiger partial charge on any atom is -0.339 e. The zero-order chi connectivity index (χ0) is 14.9. The molecule has 0 aliphatic heterocycles. The highest BCUT2D eigenvalue weighted by Crippen LogP contribution is 2.34. The van der Waals surface area contributed by atoms with Crippen molar-refractivity contribution in [3.8, 4) is 0 Å². The maximum absolute atomic E-state index is 12.5. The standard InChI is InChI=1S/C13H21N3O3S/c1-3-15(4-2)13(17)12-8-11(20(14,18)19)9-16(12)10-6-5-7-10/h8-10H,3-7H2,1-2H3,(H2,14,18,19). The fourth-order valence-electron chi connectivity index (χ4n) is 2.42. The largest absolute Gasteiger partial charge is 0.339 e. The molecule has 0 radical (unpaired) electrons. The van der Waals surface area contributed by atoms with Gasteiger partial charge in [-0.15, -0.1) is 0 Å². The Morgan fingerprint density at radius 2 is 2.00 bits per heavy atom. The Kier molecular flexibility index (Phi) is 4.19. The summed E-state index contributed by atoms with van der Waals surface area (Å²) in [6.07, 6.45) is 4.54. The molecular weight excluding hydrogens is 278 g/mol. The van der Waals surface area contributed by atoms with Crippen LogP contribution >= 0.6 is 0 Å². The topological polar surface area (TPSA) is 85.4 Å². The third-order valence-electron chi connectivity index (χ3n) is 3.89. The van der Waals surface area contributed by atoms with E-state index in [1.807, 2.05) is 13.8 Å². The number of sulfonamides is 1. The highest BCUT2D eigenvalue weighted by atomic mass is 32.2. The van der Waals surface area contributed by atoms with Crippen molar-refractivity contribution in [2.45, 2.75) is 44.0 Å². The lowest BCUT2D eigenvalue weighted by Gasteiger charge is -2.30. The molecule has 1 aromatic rings. The van der Waals surface area contributed by atoms with E-state index >= 15 is 0 Å². The molecule has 7 heteroatoms. The monoisotopic (exact) mass is 299 g/mol. The van der Waals surface area contributed by atoms with Gasteiger partial charge in [0.15, 0.2) is 0 Å². The molecule has 1 aliphatic rings. The first-order valence-corrected chi connectivity index (χ1v) is 8.47. The van der Waals surface area contributed by atoms with Crippen LogP contribution in [0.15, 0.2) is 17.2 Å². The van der Waals surface area contributed by atoms with Crippen LogP contribution in [-0.2, 0) is 10.0 Å². The second kappa shape index (κ2) is 5.57. The Morgan fingerprint density at radius 3 is 2.40 bits per heavy atom. The molecule has 0 saturated heterocycles. The highest BCUT2D eigenvalue weighted by Gasteiger charge is 2.28. The molecule has 0 aromatic carbocycles. The Labute approximate surface area is 119 Å². The summed E-state index contributed by atoms with van der Waals surface area (Å²) in [5, 5.41) is 5.17. The molecule has 2 N–H and O–H groups in total. The number of hydrogen-bond acceptors (Lipinski definition) is 3. The molecule has 1 fully saturated rings. The molecule has 2 rings (SSSR count). The molecule has 0 bridgehead atoms. The Bertz CT molecular complexity index is 598. The molecule has 6 nitrogen and oxygen atoms in total. The first-order valence-electron chi connectivity index (χ1n) is 6.92. The third kappa shape index (κ3) is 2.73. The van der Waals surface area contributed by atoms with Crippen molar-refractivity contribution in [2.24, 2.45) is 5.14 Å². The van der Waals surface area contributed by atoms with E-state index in [9.17, 15) is 13.2 Å². The number of carbonyl (C=O) groups is 1. The lowest BCUT2D eigenvalue weighted by atomic mass is 9.93. The predicted octanol–water partition coefficient (Wildman–Crippen LogP) is 1.34. The summed E-state index contributed by atoms with van der Waals surface area (Å²) >= 11 is 0. The van der Waals surface area contributed by atoms with Gasteiger partial charge >= 0.3 is 0 Å². The number of primary sulfonamides is 1. The van der Waals surface area contributed by atoms with Crippen LogP contribution in [-0.4, -0.2) is 36.9 Å². The average Bonchev–Trinajstić information content (AvgIpc) is 2.72. The number of carbonyl (C=O) groups excluding carboxylic acids is 1. The van der Waals surface area contributed by atoms with Crippen molar-refractivity contribution >= 4 is 15.9 Å². The quantitative estimate of drug-likeness (QED) is 0.890. The summed E-state index contributed by atoms with van der Waals surface area (Å²) < 4.78 is 24.8. The van der Waals surface area contributed by atoms with Gasteiger partial charge in [0.1, 0.15) is 10.6 Å². The lowest BCUT2D eigenvalue weighted by Crippen LogP contribution is -2.33. The lowest BCUT2D eigenvalue weighted by molar-refractivity contribution is 0.0756. The van der Waals surface area contributed by atoms with Crippen LogP contribution in [0.25, 0.3) is 0 Å². The van der Waals surface area contributed by atoms with Crippen LogP contribution in [0.5, 0.6) is 0 Å². The maximum atomic E-state index is 12.5. The normalized spacial score (nSPS) is 15.9. The average molecular weight is 299 g/mol. The van der Waals surface area contributed by atoms with E-state index in [2.05, 4.69) is 0 Å². The van der Waals surface area contributed by atoms with Crippen LogP contribution in [0.4, 0.5) is 0 Å². The van der Waals surface area contributed by atoms with E-state index in [1.165, 1.54) is 12.3 Å². The molecule has 20 heavy (non-hydrogen) atoms. The summed E-state index contributed by atoms with van der Waals surface area (Å²) in [6.45, 7) is 4.99. The number of nitrogens with zero attached hydrogens (tertiary/aromatic N) is 2. The summed E-state index contributed by atoms with van der Waals surface area (Å²) in [6, 6.07) is 1.61. The van der Waals surface area contributed by atoms with Crippen molar-refractivity contribution in [1.82, 2.24) is 9.47 Å². The van der Waals surface area contributed by atoms with Crippen LogP contribution in [0.1, 0.15) is 49.6 Å². The molecule has 1 saturated carbocycles. The van der Waals surface area contributed by atoms with Gasteiger partial charge in [-0.3, -0.25) is 4.79 Å². The van der Waals surface area contributed by atoms with E-state index < -0.39 is 10.0 Å². The minimum absolute atomic E-state index is 0.0138. The van der Waals surface area contributed by atoms with E-state index in [1.54, 1.807) is 9.47 Å². The molecular formula is C13H21N3O3S. The zero-order valence-electron chi connectivity index (χ0n) is 11.9. The molecule has 1 heterocycles. The Hall–Kier alpha value is -1.34. The number of nitrogens with two attached hydrogens (primary N) is 1. The van der Waals surface area contributed by atoms with E-state index in [4.69, 9.17) is 5.14 Å². The molecule has 112 valence electrons. The van der Waals surface area contributed by atoms with Gasteiger partial charge < -0.3 is 9.47 Å².